The third-order valence-electron chi connectivity index (χ3n) is 5.08. The Labute approximate surface area is 199 Å². The van der Waals surface area contributed by atoms with Gasteiger partial charge >= 0.3 is 0 Å². The van der Waals surface area contributed by atoms with E-state index < -0.39 is 23.2 Å². The Balaban J connectivity index is 1.81. The molecule has 9 heteroatoms. The number of carbonyl (C=O) groups excluding carboxylic acids is 2. The first-order valence-corrected chi connectivity index (χ1v) is 11.6. The molecule has 0 atom stereocenters. The molecule has 2 N–H and O–H groups in total. The molecule has 7 nitrogen and oxygen atoms in total. The maximum atomic E-state index is 13.4. The van der Waals surface area contributed by atoms with Crippen LogP contribution in [0.15, 0.2) is 53.3 Å². The zero-order valence-electron chi connectivity index (χ0n) is 18.9. The predicted octanol–water partition coefficient (Wildman–Crippen LogP) is 4.97. The molecule has 4 aromatic rings. The standard InChI is InChI=1S/C25H23FN4O3S/c1-4-5-18-13-20(31)30-21(23(32)28-19-11-14(2)10-15(3)12-19)22(34-25(30)29-18)24(33)27-17-8-6-16(26)7-9-17/h6-13H,4-5H2,1-3H3,(H,27,33)(H,28,32). The molecule has 4 rings (SSSR count). The molecule has 0 saturated heterocycles. The number of anilines is 2. The summed E-state index contributed by atoms with van der Waals surface area (Å²) in [4.78, 5) is 44.3. The summed E-state index contributed by atoms with van der Waals surface area (Å²) in [7, 11) is 0. The highest BCUT2D eigenvalue weighted by Crippen LogP contribution is 2.25. The van der Waals surface area contributed by atoms with Crippen LogP contribution in [0.1, 0.15) is 50.3 Å². The number of amides is 2. The largest absolute Gasteiger partial charge is 0.321 e. The van der Waals surface area contributed by atoms with Crippen LogP contribution >= 0.6 is 11.3 Å². The van der Waals surface area contributed by atoms with Crippen molar-refractivity contribution >= 4 is 39.5 Å². The van der Waals surface area contributed by atoms with Gasteiger partial charge in [0, 0.05) is 23.1 Å². The van der Waals surface area contributed by atoms with E-state index in [0.717, 1.165) is 28.9 Å². The molecule has 0 aliphatic carbocycles. The van der Waals surface area contributed by atoms with E-state index in [9.17, 15) is 18.8 Å². The van der Waals surface area contributed by atoms with Crippen LogP contribution in [0.2, 0.25) is 0 Å². The topological polar surface area (TPSA) is 92.6 Å². The molecule has 0 radical (unpaired) electrons. The minimum Gasteiger partial charge on any atom is -0.321 e. The molecule has 0 aliphatic heterocycles. The second-order valence-corrected chi connectivity index (χ2v) is 9.00. The van der Waals surface area contributed by atoms with E-state index in [4.69, 9.17) is 0 Å². The molecular weight excluding hydrogens is 455 g/mol. The number of hydrogen-bond acceptors (Lipinski definition) is 5. The number of rotatable bonds is 6. The Bertz CT molecular complexity index is 1440. The average Bonchev–Trinajstić information content (AvgIpc) is 3.15. The highest BCUT2D eigenvalue weighted by molar-refractivity contribution is 7.19. The molecule has 34 heavy (non-hydrogen) atoms. The normalized spacial score (nSPS) is 10.9. The van der Waals surface area contributed by atoms with Crippen molar-refractivity contribution in [1.82, 2.24) is 9.38 Å². The number of aromatic nitrogens is 2. The molecule has 2 heterocycles. The number of nitrogens with zero attached hydrogens (tertiary/aromatic N) is 2. The van der Waals surface area contributed by atoms with Crippen molar-refractivity contribution in [1.29, 1.82) is 0 Å². The molecule has 0 fully saturated rings. The van der Waals surface area contributed by atoms with E-state index in [1.807, 2.05) is 26.8 Å². The van der Waals surface area contributed by atoms with E-state index in [0.29, 0.717) is 23.5 Å². The van der Waals surface area contributed by atoms with Crippen molar-refractivity contribution in [3.8, 4) is 0 Å². The summed E-state index contributed by atoms with van der Waals surface area (Å²) in [5, 5.41) is 5.47. The Morgan fingerprint density at radius 3 is 2.26 bits per heavy atom. The summed E-state index contributed by atoms with van der Waals surface area (Å²) in [6, 6.07) is 12.2. The third-order valence-corrected chi connectivity index (χ3v) is 6.12. The van der Waals surface area contributed by atoms with Crippen LogP contribution in [0.25, 0.3) is 4.96 Å². The third kappa shape index (κ3) is 4.89. The van der Waals surface area contributed by atoms with Gasteiger partial charge in [-0.05, 0) is 67.8 Å². The minimum atomic E-state index is -0.604. The van der Waals surface area contributed by atoms with Gasteiger partial charge in [0.05, 0.1) is 0 Å². The summed E-state index contributed by atoms with van der Waals surface area (Å²) < 4.78 is 14.4. The van der Waals surface area contributed by atoms with Crippen molar-refractivity contribution < 1.29 is 14.0 Å². The first kappa shape index (κ1) is 23.3. The van der Waals surface area contributed by atoms with Crippen LogP contribution in [0.5, 0.6) is 0 Å². The first-order valence-electron chi connectivity index (χ1n) is 10.8. The molecule has 0 unspecified atom stereocenters. The van der Waals surface area contributed by atoms with E-state index in [2.05, 4.69) is 15.6 Å². The van der Waals surface area contributed by atoms with Crippen LogP contribution in [0.4, 0.5) is 15.8 Å². The van der Waals surface area contributed by atoms with Crippen molar-refractivity contribution in [2.45, 2.75) is 33.6 Å². The number of thiazole rings is 1. The number of nitrogens with one attached hydrogen (secondary N) is 2. The fraction of sp³-hybridized carbons (Fsp3) is 0.200. The number of fused-ring (bicyclic) bond motifs is 1. The SMILES string of the molecule is CCCc1cc(=O)n2c(C(=O)Nc3cc(C)cc(C)c3)c(C(=O)Nc3ccc(F)cc3)sc2n1. The number of aryl methyl sites for hydroxylation is 3. The molecule has 0 bridgehead atoms. The van der Waals surface area contributed by atoms with E-state index in [1.165, 1.54) is 34.7 Å². The lowest BCUT2D eigenvalue weighted by molar-refractivity contribution is 0.0989. The Morgan fingerprint density at radius 2 is 1.62 bits per heavy atom. The summed E-state index contributed by atoms with van der Waals surface area (Å²) in [5.41, 5.74) is 2.90. The molecule has 2 amide bonds. The first-order chi connectivity index (χ1) is 16.2. The molecule has 0 spiro atoms. The van der Waals surface area contributed by atoms with E-state index in [-0.39, 0.29) is 15.5 Å². The van der Waals surface area contributed by atoms with Crippen LogP contribution in [-0.2, 0) is 6.42 Å². The minimum absolute atomic E-state index is 0.0319. The molecule has 174 valence electrons. The summed E-state index contributed by atoms with van der Waals surface area (Å²) >= 11 is 0.959. The van der Waals surface area contributed by atoms with Crippen LogP contribution in [0, 0.1) is 19.7 Å². The maximum absolute atomic E-state index is 13.4. The van der Waals surface area contributed by atoms with Crippen molar-refractivity contribution in [2.24, 2.45) is 0 Å². The molecule has 2 aromatic carbocycles. The highest BCUT2D eigenvalue weighted by Gasteiger charge is 2.26. The van der Waals surface area contributed by atoms with Crippen LogP contribution in [-0.4, -0.2) is 21.2 Å². The Morgan fingerprint density at radius 1 is 0.971 bits per heavy atom. The summed E-state index contributed by atoms with van der Waals surface area (Å²) in [6.45, 7) is 5.80. The Hall–Kier alpha value is -3.85. The van der Waals surface area contributed by atoms with E-state index >= 15 is 0 Å². The lowest BCUT2D eigenvalue weighted by Gasteiger charge is -2.10. The van der Waals surface area contributed by atoms with Crippen LogP contribution < -0.4 is 16.2 Å². The smallest absolute Gasteiger partial charge is 0.274 e. The summed E-state index contributed by atoms with van der Waals surface area (Å²) in [5.74, 6) is -1.63. The lowest BCUT2D eigenvalue weighted by atomic mass is 10.1. The number of hydrogen-bond donors (Lipinski definition) is 2. The summed E-state index contributed by atoms with van der Waals surface area (Å²) in [6.07, 6.45) is 1.40. The fourth-order valence-electron chi connectivity index (χ4n) is 3.72. The quantitative estimate of drug-likeness (QED) is 0.409. The second-order valence-electron chi connectivity index (χ2n) is 8.03. The van der Waals surface area contributed by atoms with Crippen LogP contribution in [0.3, 0.4) is 0 Å². The van der Waals surface area contributed by atoms with Gasteiger partial charge in [-0.3, -0.25) is 14.4 Å². The van der Waals surface area contributed by atoms with Gasteiger partial charge in [0.2, 0.25) is 0 Å². The average molecular weight is 479 g/mol. The highest BCUT2D eigenvalue weighted by atomic mass is 32.1. The van der Waals surface area contributed by atoms with Crippen molar-refractivity contribution in [2.75, 3.05) is 10.6 Å². The molecule has 0 saturated carbocycles. The fourth-order valence-corrected chi connectivity index (χ4v) is 4.77. The maximum Gasteiger partial charge on any atom is 0.274 e. The predicted molar refractivity (Wildman–Crippen MR) is 132 cm³/mol. The second kappa shape index (κ2) is 9.56. The van der Waals surface area contributed by atoms with Gasteiger partial charge in [-0.1, -0.05) is 30.7 Å². The Kier molecular flexibility index (Phi) is 6.56. The van der Waals surface area contributed by atoms with Gasteiger partial charge in [0.15, 0.2) is 4.96 Å². The van der Waals surface area contributed by atoms with Gasteiger partial charge in [-0.25, -0.2) is 13.8 Å². The zero-order valence-corrected chi connectivity index (χ0v) is 19.8. The number of halogens is 1. The van der Waals surface area contributed by atoms with Gasteiger partial charge in [0.1, 0.15) is 16.4 Å². The number of benzene rings is 2. The van der Waals surface area contributed by atoms with E-state index in [1.54, 1.807) is 12.1 Å². The molecular formula is C25H23FN4O3S. The molecule has 2 aromatic heterocycles. The van der Waals surface area contributed by atoms with Gasteiger partial charge < -0.3 is 10.6 Å². The zero-order chi connectivity index (χ0) is 24.4. The van der Waals surface area contributed by atoms with Crippen molar-refractivity contribution in [3.63, 3.8) is 0 Å². The lowest BCUT2D eigenvalue weighted by Crippen LogP contribution is -2.25. The number of carbonyl (C=O) groups is 2. The van der Waals surface area contributed by atoms with Gasteiger partial charge in [-0.2, -0.15) is 0 Å². The molecule has 0 aliphatic rings. The van der Waals surface area contributed by atoms with Gasteiger partial charge in [0.25, 0.3) is 17.4 Å². The monoisotopic (exact) mass is 478 g/mol. The van der Waals surface area contributed by atoms with Crippen molar-refractivity contribution in [3.05, 3.63) is 92.1 Å². The van der Waals surface area contributed by atoms with Gasteiger partial charge in [-0.15, -0.1) is 0 Å².